The molecule has 1 aliphatic heterocycles. The molecule has 2 rings (SSSR count). The van der Waals surface area contributed by atoms with Gasteiger partial charge in [0, 0.05) is 13.1 Å². The second-order valence-corrected chi connectivity index (χ2v) is 4.38. The number of aromatic nitrogens is 1. The number of nitriles is 1. The molecule has 2 heterocycles. The predicted molar refractivity (Wildman–Crippen MR) is 63.3 cm³/mol. The molecule has 1 aliphatic rings. The molecular formula is C13H15N3O. The Morgan fingerprint density at radius 3 is 3.00 bits per heavy atom. The monoisotopic (exact) mass is 229 g/mol. The molecule has 0 atom stereocenters. The van der Waals surface area contributed by atoms with Gasteiger partial charge in [-0.15, -0.1) is 0 Å². The minimum Gasteiger partial charge on any atom is -0.337 e. The molecule has 0 saturated carbocycles. The first-order valence-electron chi connectivity index (χ1n) is 5.91. The minimum atomic E-state index is -0.0607. The van der Waals surface area contributed by atoms with Crippen LogP contribution in [0.2, 0.25) is 0 Å². The molecule has 0 aliphatic carbocycles. The van der Waals surface area contributed by atoms with E-state index in [0.29, 0.717) is 17.3 Å². The fourth-order valence-corrected chi connectivity index (χ4v) is 2.10. The number of hydrogen-bond acceptors (Lipinski definition) is 3. The van der Waals surface area contributed by atoms with Crippen molar-refractivity contribution in [2.75, 3.05) is 13.1 Å². The summed E-state index contributed by atoms with van der Waals surface area (Å²) in [5.41, 5.74) is 0.667. The number of carbonyl (C=O) groups excluding carboxylic acids is 1. The summed E-state index contributed by atoms with van der Waals surface area (Å²) in [4.78, 5) is 17.8. The summed E-state index contributed by atoms with van der Waals surface area (Å²) in [6.45, 7) is 3.80. The predicted octanol–water partition coefficient (Wildman–Crippen LogP) is 1.83. The lowest BCUT2D eigenvalue weighted by molar-refractivity contribution is 0.0478. The number of hydrogen-bond donors (Lipinski definition) is 0. The van der Waals surface area contributed by atoms with E-state index >= 15 is 0 Å². The van der Waals surface area contributed by atoms with E-state index in [2.05, 4.69) is 11.9 Å². The minimum absolute atomic E-state index is 0.0607. The van der Waals surface area contributed by atoms with E-state index in [4.69, 9.17) is 5.26 Å². The van der Waals surface area contributed by atoms with E-state index in [9.17, 15) is 4.79 Å². The zero-order chi connectivity index (χ0) is 12.3. The summed E-state index contributed by atoms with van der Waals surface area (Å²) in [6.07, 6.45) is 2.34. The quantitative estimate of drug-likeness (QED) is 0.794. The maximum Gasteiger partial charge on any atom is 0.272 e. The topological polar surface area (TPSA) is 57.0 Å². The fraction of sp³-hybridized carbons (Fsp3) is 0.462. The van der Waals surface area contributed by atoms with Gasteiger partial charge < -0.3 is 4.90 Å². The van der Waals surface area contributed by atoms with Crippen LogP contribution in [0.5, 0.6) is 0 Å². The van der Waals surface area contributed by atoms with Crippen molar-refractivity contribution in [3.8, 4) is 6.07 Å². The second-order valence-electron chi connectivity index (χ2n) is 4.38. The third-order valence-electron chi connectivity index (χ3n) is 3.02. The van der Waals surface area contributed by atoms with E-state index in [1.54, 1.807) is 23.1 Å². The summed E-state index contributed by atoms with van der Waals surface area (Å²) in [7, 11) is 0. The molecule has 4 nitrogen and oxygen atoms in total. The molecule has 1 saturated heterocycles. The Morgan fingerprint density at radius 2 is 2.35 bits per heavy atom. The smallest absolute Gasteiger partial charge is 0.272 e. The van der Waals surface area contributed by atoms with E-state index in [1.807, 2.05) is 6.07 Å². The van der Waals surface area contributed by atoms with Crippen molar-refractivity contribution >= 4 is 5.91 Å². The molecule has 1 aromatic heterocycles. The second kappa shape index (κ2) is 4.96. The van der Waals surface area contributed by atoms with Crippen molar-refractivity contribution in [1.82, 2.24) is 9.88 Å². The van der Waals surface area contributed by atoms with Crippen molar-refractivity contribution in [2.24, 2.45) is 5.92 Å². The molecule has 0 radical (unpaired) electrons. The average molecular weight is 229 g/mol. The molecule has 88 valence electrons. The van der Waals surface area contributed by atoms with Gasteiger partial charge in [-0.25, -0.2) is 4.98 Å². The van der Waals surface area contributed by atoms with Gasteiger partial charge in [-0.3, -0.25) is 4.79 Å². The van der Waals surface area contributed by atoms with Gasteiger partial charge in [0.2, 0.25) is 0 Å². The highest BCUT2D eigenvalue weighted by Gasteiger charge is 2.30. The normalized spacial score (nSPS) is 15.2. The van der Waals surface area contributed by atoms with Gasteiger partial charge >= 0.3 is 0 Å². The molecule has 1 aromatic rings. The van der Waals surface area contributed by atoms with Gasteiger partial charge in [0.15, 0.2) is 0 Å². The zero-order valence-electron chi connectivity index (χ0n) is 9.89. The van der Waals surface area contributed by atoms with Crippen molar-refractivity contribution in [3.63, 3.8) is 0 Å². The molecule has 0 bridgehead atoms. The Balaban J connectivity index is 1.99. The molecule has 1 fully saturated rings. The first-order chi connectivity index (χ1) is 8.24. The molecule has 1 amide bonds. The molecule has 0 spiro atoms. The van der Waals surface area contributed by atoms with Crippen LogP contribution in [0.1, 0.15) is 35.9 Å². The highest BCUT2D eigenvalue weighted by atomic mass is 16.2. The molecule has 4 heteroatoms. The Hall–Kier alpha value is -1.89. The summed E-state index contributed by atoms with van der Waals surface area (Å²) < 4.78 is 0. The van der Waals surface area contributed by atoms with Gasteiger partial charge in [0.1, 0.15) is 17.5 Å². The van der Waals surface area contributed by atoms with Crippen LogP contribution in [0, 0.1) is 17.2 Å². The van der Waals surface area contributed by atoms with Gasteiger partial charge in [-0.1, -0.05) is 19.4 Å². The van der Waals surface area contributed by atoms with Crippen LogP contribution < -0.4 is 0 Å². The number of likely N-dealkylation sites (tertiary alicyclic amines) is 1. The summed E-state index contributed by atoms with van der Waals surface area (Å²) in [6, 6.07) is 6.91. The molecule has 17 heavy (non-hydrogen) atoms. The van der Waals surface area contributed by atoms with E-state index in [0.717, 1.165) is 19.5 Å². The standard InChI is InChI=1S/C13H15N3O/c1-2-4-10-8-16(9-10)13(17)12-6-3-5-11(7-14)15-12/h3,5-6,10H,2,4,8-9H2,1H3. The number of rotatable bonds is 3. The third-order valence-corrected chi connectivity index (χ3v) is 3.02. The summed E-state index contributed by atoms with van der Waals surface area (Å²) in [5, 5.41) is 8.73. The number of nitrogens with zero attached hydrogens (tertiary/aromatic N) is 3. The maximum atomic E-state index is 12.0. The number of pyridine rings is 1. The molecule has 0 unspecified atom stereocenters. The van der Waals surface area contributed by atoms with Gasteiger partial charge in [0.25, 0.3) is 5.91 Å². The van der Waals surface area contributed by atoms with Gasteiger partial charge in [-0.2, -0.15) is 5.26 Å². The van der Waals surface area contributed by atoms with Crippen LogP contribution in [-0.2, 0) is 0 Å². The van der Waals surface area contributed by atoms with Crippen LogP contribution in [0.3, 0.4) is 0 Å². The maximum absolute atomic E-state index is 12.0. The van der Waals surface area contributed by atoms with Crippen LogP contribution in [0.4, 0.5) is 0 Å². The van der Waals surface area contributed by atoms with E-state index in [1.165, 1.54) is 6.42 Å². The fourth-order valence-electron chi connectivity index (χ4n) is 2.10. The number of amides is 1. The van der Waals surface area contributed by atoms with Gasteiger partial charge in [0.05, 0.1) is 0 Å². The van der Waals surface area contributed by atoms with Crippen molar-refractivity contribution in [3.05, 3.63) is 29.6 Å². The number of carbonyl (C=O) groups is 1. The Labute approximate surface area is 101 Å². The van der Waals surface area contributed by atoms with Crippen LogP contribution >= 0.6 is 0 Å². The van der Waals surface area contributed by atoms with Crippen LogP contribution in [-0.4, -0.2) is 28.9 Å². The summed E-state index contributed by atoms with van der Waals surface area (Å²) in [5.74, 6) is 0.581. The van der Waals surface area contributed by atoms with Crippen LogP contribution in [0.15, 0.2) is 18.2 Å². The highest BCUT2D eigenvalue weighted by molar-refractivity contribution is 5.92. The summed E-state index contributed by atoms with van der Waals surface area (Å²) >= 11 is 0. The van der Waals surface area contributed by atoms with E-state index < -0.39 is 0 Å². The lowest BCUT2D eigenvalue weighted by atomic mass is 9.95. The highest BCUT2D eigenvalue weighted by Crippen LogP contribution is 2.22. The largest absolute Gasteiger partial charge is 0.337 e. The third kappa shape index (κ3) is 2.44. The SMILES string of the molecule is CCCC1CN(C(=O)c2cccc(C#N)n2)C1. The van der Waals surface area contributed by atoms with Crippen LogP contribution in [0.25, 0.3) is 0 Å². The first kappa shape index (κ1) is 11.6. The molecule has 0 N–H and O–H groups in total. The lowest BCUT2D eigenvalue weighted by Crippen LogP contribution is -2.50. The van der Waals surface area contributed by atoms with Gasteiger partial charge in [-0.05, 0) is 24.5 Å². The molecule has 0 aromatic carbocycles. The van der Waals surface area contributed by atoms with Crippen molar-refractivity contribution in [2.45, 2.75) is 19.8 Å². The Kier molecular flexibility index (Phi) is 3.38. The zero-order valence-corrected chi connectivity index (χ0v) is 9.89. The lowest BCUT2D eigenvalue weighted by Gasteiger charge is -2.39. The Bertz CT molecular complexity index is 458. The first-order valence-corrected chi connectivity index (χ1v) is 5.91. The Morgan fingerprint density at radius 1 is 1.59 bits per heavy atom. The van der Waals surface area contributed by atoms with Crippen molar-refractivity contribution in [1.29, 1.82) is 5.26 Å². The molecular weight excluding hydrogens is 214 g/mol. The average Bonchev–Trinajstić information content (AvgIpc) is 2.32. The van der Waals surface area contributed by atoms with Crippen molar-refractivity contribution < 1.29 is 4.79 Å². The van der Waals surface area contributed by atoms with E-state index in [-0.39, 0.29) is 5.91 Å².